The molecule has 0 aliphatic carbocycles. The van der Waals surface area contributed by atoms with Crippen LogP contribution in [0.2, 0.25) is 0 Å². The SMILES string of the molecule is CC(C)CCOc1cccc(NC(=O)COc2ccc(Br)cc2C(C)C)c1. The van der Waals surface area contributed by atoms with Crippen molar-refractivity contribution in [3.63, 3.8) is 0 Å². The van der Waals surface area contributed by atoms with Crippen LogP contribution in [0.15, 0.2) is 46.9 Å². The Balaban J connectivity index is 1.91. The molecule has 0 bridgehead atoms. The van der Waals surface area contributed by atoms with Gasteiger partial charge in [-0.05, 0) is 54.2 Å². The van der Waals surface area contributed by atoms with Crippen LogP contribution >= 0.6 is 15.9 Å². The van der Waals surface area contributed by atoms with Crippen molar-refractivity contribution in [2.45, 2.75) is 40.0 Å². The second-order valence-electron chi connectivity index (χ2n) is 7.23. The fraction of sp³-hybridized carbons (Fsp3) is 0.409. The smallest absolute Gasteiger partial charge is 0.262 e. The normalized spacial score (nSPS) is 10.9. The van der Waals surface area contributed by atoms with Gasteiger partial charge in [0.1, 0.15) is 11.5 Å². The Kier molecular flexibility index (Phi) is 8.17. The predicted octanol–water partition coefficient (Wildman–Crippen LogP) is 6.01. The summed E-state index contributed by atoms with van der Waals surface area (Å²) < 4.78 is 12.5. The summed E-state index contributed by atoms with van der Waals surface area (Å²) in [7, 11) is 0. The highest BCUT2D eigenvalue weighted by Crippen LogP contribution is 2.29. The van der Waals surface area contributed by atoms with Gasteiger partial charge in [-0.25, -0.2) is 0 Å². The first-order valence-corrected chi connectivity index (χ1v) is 10.1. The van der Waals surface area contributed by atoms with Gasteiger partial charge in [0.15, 0.2) is 6.61 Å². The fourth-order valence-corrected chi connectivity index (χ4v) is 2.90. The summed E-state index contributed by atoms with van der Waals surface area (Å²) in [5, 5.41) is 2.86. The van der Waals surface area contributed by atoms with Crippen LogP contribution in [-0.4, -0.2) is 19.1 Å². The number of ether oxygens (including phenoxy) is 2. The minimum absolute atomic E-state index is 0.0419. The lowest BCUT2D eigenvalue weighted by Gasteiger charge is -2.15. The van der Waals surface area contributed by atoms with E-state index in [0.717, 1.165) is 28.0 Å². The van der Waals surface area contributed by atoms with E-state index >= 15 is 0 Å². The molecule has 0 heterocycles. The summed E-state index contributed by atoms with van der Waals surface area (Å²) in [5.41, 5.74) is 1.77. The first-order chi connectivity index (χ1) is 12.8. The molecule has 0 aliphatic heterocycles. The molecule has 0 unspecified atom stereocenters. The molecule has 2 aromatic rings. The Morgan fingerprint density at radius 1 is 1.07 bits per heavy atom. The van der Waals surface area contributed by atoms with Gasteiger partial charge in [0, 0.05) is 16.2 Å². The third kappa shape index (κ3) is 7.25. The van der Waals surface area contributed by atoms with E-state index in [2.05, 4.69) is 48.9 Å². The highest BCUT2D eigenvalue weighted by molar-refractivity contribution is 9.10. The van der Waals surface area contributed by atoms with Crippen LogP contribution in [0.1, 0.15) is 45.6 Å². The average Bonchev–Trinajstić information content (AvgIpc) is 2.60. The van der Waals surface area contributed by atoms with E-state index < -0.39 is 0 Å². The second kappa shape index (κ2) is 10.4. The van der Waals surface area contributed by atoms with Gasteiger partial charge in [-0.2, -0.15) is 0 Å². The molecule has 5 heteroatoms. The largest absolute Gasteiger partial charge is 0.494 e. The Morgan fingerprint density at radius 2 is 1.85 bits per heavy atom. The van der Waals surface area contributed by atoms with Gasteiger partial charge < -0.3 is 14.8 Å². The number of carbonyl (C=O) groups is 1. The average molecular weight is 434 g/mol. The third-order valence-electron chi connectivity index (χ3n) is 4.03. The number of rotatable bonds is 9. The molecule has 146 valence electrons. The van der Waals surface area contributed by atoms with Gasteiger partial charge >= 0.3 is 0 Å². The van der Waals surface area contributed by atoms with Crippen LogP contribution in [0.5, 0.6) is 11.5 Å². The van der Waals surface area contributed by atoms with Gasteiger partial charge in [0.05, 0.1) is 6.61 Å². The van der Waals surface area contributed by atoms with E-state index in [1.54, 1.807) is 0 Å². The van der Waals surface area contributed by atoms with Crippen LogP contribution in [0.4, 0.5) is 5.69 Å². The molecule has 0 aliphatic rings. The molecule has 0 aromatic heterocycles. The third-order valence-corrected chi connectivity index (χ3v) is 4.53. The fourth-order valence-electron chi connectivity index (χ4n) is 2.52. The van der Waals surface area contributed by atoms with Gasteiger partial charge in [-0.1, -0.05) is 49.7 Å². The molecular formula is C22H28BrNO3. The number of benzene rings is 2. The van der Waals surface area contributed by atoms with Crippen molar-refractivity contribution >= 4 is 27.5 Å². The molecule has 0 radical (unpaired) electrons. The minimum Gasteiger partial charge on any atom is -0.494 e. The van der Waals surface area contributed by atoms with Gasteiger partial charge in [-0.3, -0.25) is 4.79 Å². The monoisotopic (exact) mass is 433 g/mol. The topological polar surface area (TPSA) is 47.6 Å². The molecular weight excluding hydrogens is 406 g/mol. The number of hydrogen-bond acceptors (Lipinski definition) is 3. The highest BCUT2D eigenvalue weighted by atomic mass is 79.9. The maximum atomic E-state index is 12.3. The summed E-state index contributed by atoms with van der Waals surface area (Å²) in [4.78, 5) is 12.3. The number of hydrogen-bond donors (Lipinski definition) is 1. The Hall–Kier alpha value is -2.01. The van der Waals surface area contributed by atoms with Crippen molar-refractivity contribution < 1.29 is 14.3 Å². The van der Waals surface area contributed by atoms with E-state index in [0.29, 0.717) is 24.1 Å². The molecule has 4 nitrogen and oxygen atoms in total. The van der Waals surface area contributed by atoms with Crippen molar-refractivity contribution in [2.75, 3.05) is 18.5 Å². The predicted molar refractivity (Wildman–Crippen MR) is 114 cm³/mol. The highest BCUT2D eigenvalue weighted by Gasteiger charge is 2.11. The zero-order valence-electron chi connectivity index (χ0n) is 16.4. The molecule has 2 rings (SSSR count). The molecule has 0 saturated carbocycles. The van der Waals surface area contributed by atoms with E-state index in [-0.39, 0.29) is 12.5 Å². The maximum Gasteiger partial charge on any atom is 0.262 e. The summed E-state index contributed by atoms with van der Waals surface area (Å²) in [6.07, 6.45) is 0.996. The molecule has 0 spiro atoms. The van der Waals surface area contributed by atoms with E-state index in [1.807, 2.05) is 42.5 Å². The Bertz CT molecular complexity index is 759. The first-order valence-electron chi connectivity index (χ1n) is 9.30. The molecule has 0 saturated heterocycles. The second-order valence-corrected chi connectivity index (χ2v) is 8.15. The Morgan fingerprint density at radius 3 is 2.56 bits per heavy atom. The summed E-state index contributed by atoms with van der Waals surface area (Å²) in [6.45, 7) is 9.14. The molecule has 0 atom stereocenters. The van der Waals surface area contributed by atoms with Gasteiger partial charge in [0.2, 0.25) is 0 Å². The van der Waals surface area contributed by atoms with E-state index in [9.17, 15) is 4.79 Å². The molecule has 1 N–H and O–H groups in total. The minimum atomic E-state index is -0.202. The number of anilines is 1. The summed E-state index contributed by atoms with van der Waals surface area (Å²) >= 11 is 3.47. The number of amides is 1. The maximum absolute atomic E-state index is 12.3. The van der Waals surface area contributed by atoms with Crippen molar-refractivity contribution in [3.05, 3.63) is 52.5 Å². The van der Waals surface area contributed by atoms with Crippen LogP contribution in [-0.2, 0) is 4.79 Å². The van der Waals surface area contributed by atoms with Crippen LogP contribution in [0.3, 0.4) is 0 Å². The van der Waals surface area contributed by atoms with Crippen molar-refractivity contribution in [2.24, 2.45) is 5.92 Å². The number of nitrogens with one attached hydrogen (secondary N) is 1. The lowest BCUT2D eigenvalue weighted by atomic mass is 10.0. The lowest BCUT2D eigenvalue weighted by Crippen LogP contribution is -2.20. The van der Waals surface area contributed by atoms with Crippen LogP contribution in [0.25, 0.3) is 0 Å². The zero-order valence-corrected chi connectivity index (χ0v) is 18.0. The van der Waals surface area contributed by atoms with Crippen molar-refractivity contribution in [1.29, 1.82) is 0 Å². The van der Waals surface area contributed by atoms with E-state index in [1.165, 1.54) is 0 Å². The summed E-state index contributed by atoms with van der Waals surface area (Å²) in [5.74, 6) is 2.19. The van der Waals surface area contributed by atoms with Crippen LogP contribution in [0, 0.1) is 5.92 Å². The van der Waals surface area contributed by atoms with Gasteiger partial charge in [-0.15, -0.1) is 0 Å². The molecule has 1 amide bonds. The molecule has 27 heavy (non-hydrogen) atoms. The number of carbonyl (C=O) groups excluding carboxylic acids is 1. The zero-order chi connectivity index (χ0) is 19.8. The van der Waals surface area contributed by atoms with Gasteiger partial charge in [0.25, 0.3) is 5.91 Å². The lowest BCUT2D eigenvalue weighted by molar-refractivity contribution is -0.118. The Labute approximate surface area is 170 Å². The first kappa shape index (κ1) is 21.3. The summed E-state index contributed by atoms with van der Waals surface area (Å²) in [6, 6.07) is 13.3. The quantitative estimate of drug-likeness (QED) is 0.526. The van der Waals surface area contributed by atoms with Crippen molar-refractivity contribution in [1.82, 2.24) is 0 Å². The number of halogens is 1. The molecule has 2 aromatic carbocycles. The van der Waals surface area contributed by atoms with Crippen LogP contribution < -0.4 is 14.8 Å². The van der Waals surface area contributed by atoms with E-state index in [4.69, 9.17) is 9.47 Å². The molecule has 0 fully saturated rings. The standard InChI is InChI=1S/C22H28BrNO3/c1-15(2)10-11-26-19-7-5-6-18(13-19)24-22(25)14-27-21-9-8-17(23)12-20(21)16(3)4/h5-9,12-13,15-16H,10-11,14H2,1-4H3,(H,24,25). The van der Waals surface area contributed by atoms with Crippen molar-refractivity contribution in [3.8, 4) is 11.5 Å².